The third-order valence-electron chi connectivity index (χ3n) is 2.69. The summed E-state index contributed by atoms with van der Waals surface area (Å²) >= 11 is 0. The molecule has 14 heavy (non-hydrogen) atoms. The predicted molar refractivity (Wildman–Crippen MR) is 53.4 cm³/mol. The van der Waals surface area contributed by atoms with Crippen molar-refractivity contribution in [3.63, 3.8) is 0 Å². The fourth-order valence-electron chi connectivity index (χ4n) is 1.55. The van der Waals surface area contributed by atoms with Crippen LogP contribution in [0.5, 0.6) is 0 Å². The highest BCUT2D eigenvalue weighted by molar-refractivity contribution is 5.95. The Bertz CT molecular complexity index is 224. The first-order valence-corrected chi connectivity index (χ1v) is 5.19. The number of hydrogen-bond acceptors (Lipinski definition) is 3. The monoisotopic (exact) mass is 198 g/mol. The summed E-state index contributed by atoms with van der Waals surface area (Å²) < 4.78 is 0. The molecule has 0 aromatic rings. The fourth-order valence-corrected chi connectivity index (χ4v) is 1.55. The maximum atomic E-state index is 11.7. The SMILES string of the molecule is CC(=O)N(CCCN)C(=O)C1CCC1. The molecule has 1 aliphatic rings. The summed E-state index contributed by atoms with van der Waals surface area (Å²) in [5, 5.41) is 0. The van der Waals surface area contributed by atoms with Gasteiger partial charge in [0.1, 0.15) is 0 Å². The van der Waals surface area contributed by atoms with Gasteiger partial charge in [-0.15, -0.1) is 0 Å². The van der Waals surface area contributed by atoms with Gasteiger partial charge in [-0.3, -0.25) is 14.5 Å². The molecular formula is C10H18N2O2. The first kappa shape index (κ1) is 11.2. The van der Waals surface area contributed by atoms with Crippen LogP contribution in [-0.2, 0) is 9.59 Å². The summed E-state index contributed by atoms with van der Waals surface area (Å²) in [7, 11) is 0. The smallest absolute Gasteiger partial charge is 0.232 e. The summed E-state index contributed by atoms with van der Waals surface area (Å²) in [5.74, 6) is -0.0655. The number of nitrogens with two attached hydrogens (primary N) is 1. The average Bonchev–Trinajstić information content (AvgIpc) is 2.01. The second-order valence-electron chi connectivity index (χ2n) is 3.78. The van der Waals surface area contributed by atoms with Crippen LogP contribution in [0.15, 0.2) is 0 Å². The zero-order valence-corrected chi connectivity index (χ0v) is 8.66. The molecule has 0 spiro atoms. The third-order valence-corrected chi connectivity index (χ3v) is 2.69. The van der Waals surface area contributed by atoms with Crippen LogP contribution in [0.3, 0.4) is 0 Å². The van der Waals surface area contributed by atoms with Crippen molar-refractivity contribution in [1.29, 1.82) is 0 Å². The van der Waals surface area contributed by atoms with Crippen LogP contribution in [0.25, 0.3) is 0 Å². The van der Waals surface area contributed by atoms with Gasteiger partial charge in [-0.2, -0.15) is 0 Å². The molecule has 2 amide bonds. The number of rotatable bonds is 4. The summed E-state index contributed by atoms with van der Waals surface area (Å²) in [6.07, 6.45) is 3.67. The number of nitrogens with zero attached hydrogens (tertiary/aromatic N) is 1. The predicted octanol–water partition coefficient (Wildman–Crippen LogP) is 0.510. The van der Waals surface area contributed by atoms with E-state index in [0.717, 1.165) is 19.3 Å². The Hall–Kier alpha value is -0.900. The molecule has 0 heterocycles. The maximum absolute atomic E-state index is 11.7. The quantitative estimate of drug-likeness (QED) is 0.716. The number of amides is 2. The molecule has 0 aromatic heterocycles. The molecule has 0 aliphatic heterocycles. The lowest BCUT2D eigenvalue weighted by molar-refractivity contribution is -0.148. The van der Waals surface area contributed by atoms with E-state index < -0.39 is 0 Å². The highest BCUT2D eigenvalue weighted by Crippen LogP contribution is 2.28. The lowest BCUT2D eigenvalue weighted by atomic mass is 9.84. The third kappa shape index (κ3) is 2.54. The number of imide groups is 1. The van der Waals surface area contributed by atoms with Gasteiger partial charge in [0.25, 0.3) is 0 Å². The summed E-state index contributed by atoms with van der Waals surface area (Å²) in [5.41, 5.74) is 5.35. The normalized spacial score (nSPS) is 16.1. The zero-order chi connectivity index (χ0) is 10.6. The Balaban J connectivity index is 2.47. The van der Waals surface area contributed by atoms with Gasteiger partial charge < -0.3 is 5.73 Å². The van der Waals surface area contributed by atoms with Gasteiger partial charge in [0.15, 0.2) is 0 Å². The number of carbonyl (C=O) groups is 2. The molecule has 0 atom stereocenters. The molecule has 1 saturated carbocycles. The molecule has 0 aromatic carbocycles. The van der Waals surface area contributed by atoms with Gasteiger partial charge in [0.2, 0.25) is 11.8 Å². The minimum Gasteiger partial charge on any atom is -0.330 e. The van der Waals surface area contributed by atoms with E-state index in [1.165, 1.54) is 11.8 Å². The molecule has 0 unspecified atom stereocenters. The Labute approximate surface area is 84.4 Å². The molecule has 0 radical (unpaired) electrons. The lowest BCUT2D eigenvalue weighted by Crippen LogP contribution is -2.42. The van der Waals surface area contributed by atoms with E-state index in [1.807, 2.05) is 0 Å². The molecule has 4 heteroatoms. The highest BCUT2D eigenvalue weighted by Gasteiger charge is 2.30. The largest absolute Gasteiger partial charge is 0.330 e. The minimum atomic E-state index is -0.157. The van der Waals surface area contributed by atoms with Gasteiger partial charge in [-0.25, -0.2) is 0 Å². The van der Waals surface area contributed by atoms with Crippen LogP contribution in [0.4, 0.5) is 0 Å². The first-order chi connectivity index (χ1) is 6.66. The molecule has 0 bridgehead atoms. The van der Waals surface area contributed by atoms with E-state index in [9.17, 15) is 9.59 Å². The molecule has 1 fully saturated rings. The maximum Gasteiger partial charge on any atom is 0.232 e. The second-order valence-corrected chi connectivity index (χ2v) is 3.78. The fraction of sp³-hybridized carbons (Fsp3) is 0.800. The molecule has 1 rings (SSSR count). The van der Waals surface area contributed by atoms with Crippen molar-refractivity contribution in [3.05, 3.63) is 0 Å². The van der Waals surface area contributed by atoms with Gasteiger partial charge >= 0.3 is 0 Å². The van der Waals surface area contributed by atoms with E-state index >= 15 is 0 Å². The van der Waals surface area contributed by atoms with Gasteiger partial charge in [0, 0.05) is 19.4 Å². The lowest BCUT2D eigenvalue weighted by Gasteiger charge is -2.29. The van der Waals surface area contributed by atoms with Crippen LogP contribution in [0.2, 0.25) is 0 Å². The number of carbonyl (C=O) groups excluding carboxylic acids is 2. The van der Waals surface area contributed by atoms with Crippen molar-refractivity contribution < 1.29 is 9.59 Å². The van der Waals surface area contributed by atoms with Crippen LogP contribution in [-0.4, -0.2) is 29.8 Å². The van der Waals surface area contributed by atoms with E-state index in [4.69, 9.17) is 5.73 Å². The molecule has 0 saturated heterocycles. The minimum absolute atomic E-state index is 0.00259. The topological polar surface area (TPSA) is 63.4 Å². The molecular weight excluding hydrogens is 180 g/mol. The van der Waals surface area contributed by atoms with Crippen LogP contribution >= 0.6 is 0 Å². The van der Waals surface area contributed by atoms with E-state index in [2.05, 4.69) is 0 Å². The van der Waals surface area contributed by atoms with Crippen molar-refractivity contribution >= 4 is 11.8 Å². The first-order valence-electron chi connectivity index (χ1n) is 5.19. The Morgan fingerprint density at radius 2 is 2.07 bits per heavy atom. The van der Waals surface area contributed by atoms with Crippen LogP contribution in [0.1, 0.15) is 32.6 Å². The zero-order valence-electron chi connectivity index (χ0n) is 8.66. The van der Waals surface area contributed by atoms with Crippen molar-refractivity contribution in [2.24, 2.45) is 11.7 Å². The highest BCUT2D eigenvalue weighted by atomic mass is 16.2. The van der Waals surface area contributed by atoms with Gasteiger partial charge in [0.05, 0.1) is 0 Å². The summed E-state index contributed by atoms with van der Waals surface area (Å²) in [4.78, 5) is 24.3. The van der Waals surface area contributed by atoms with E-state index in [0.29, 0.717) is 19.5 Å². The Kier molecular flexibility index (Phi) is 4.07. The standard InChI is InChI=1S/C10H18N2O2/c1-8(13)12(7-3-6-11)10(14)9-4-2-5-9/h9H,2-7,11H2,1H3. The van der Waals surface area contributed by atoms with E-state index in [-0.39, 0.29) is 17.7 Å². The Morgan fingerprint density at radius 3 is 2.43 bits per heavy atom. The van der Waals surface area contributed by atoms with Crippen LogP contribution in [0, 0.1) is 5.92 Å². The van der Waals surface area contributed by atoms with Crippen molar-refractivity contribution in [3.8, 4) is 0 Å². The molecule has 1 aliphatic carbocycles. The van der Waals surface area contributed by atoms with E-state index in [1.54, 1.807) is 0 Å². The van der Waals surface area contributed by atoms with Gasteiger partial charge in [-0.1, -0.05) is 6.42 Å². The van der Waals surface area contributed by atoms with Gasteiger partial charge in [-0.05, 0) is 25.8 Å². The molecule has 4 nitrogen and oxygen atoms in total. The second kappa shape index (κ2) is 5.10. The summed E-state index contributed by atoms with van der Waals surface area (Å²) in [6.45, 7) is 2.43. The number of hydrogen-bond donors (Lipinski definition) is 1. The Morgan fingerprint density at radius 1 is 1.43 bits per heavy atom. The average molecular weight is 198 g/mol. The molecule has 80 valence electrons. The van der Waals surface area contributed by atoms with Crippen molar-refractivity contribution in [1.82, 2.24) is 4.90 Å². The summed E-state index contributed by atoms with van der Waals surface area (Å²) in [6, 6.07) is 0. The molecule has 2 N–H and O–H groups in total. The van der Waals surface area contributed by atoms with Crippen molar-refractivity contribution in [2.75, 3.05) is 13.1 Å². The van der Waals surface area contributed by atoms with Crippen molar-refractivity contribution in [2.45, 2.75) is 32.6 Å². The van der Waals surface area contributed by atoms with Crippen LogP contribution < -0.4 is 5.73 Å².